The Labute approximate surface area is 130 Å². The van der Waals surface area contributed by atoms with Gasteiger partial charge in [-0.05, 0) is 52.4 Å². The maximum atomic E-state index is 11.0. The second-order valence-corrected chi connectivity index (χ2v) is 6.38. The van der Waals surface area contributed by atoms with Crippen molar-refractivity contribution in [3.63, 3.8) is 0 Å². The van der Waals surface area contributed by atoms with Crippen molar-refractivity contribution in [2.24, 2.45) is 0 Å². The Kier molecular flexibility index (Phi) is 4.69. The zero-order chi connectivity index (χ0) is 15.5. The van der Waals surface area contributed by atoms with Crippen molar-refractivity contribution >= 4 is 16.8 Å². The van der Waals surface area contributed by atoms with E-state index in [1.807, 2.05) is 0 Å². The Bertz CT molecular complexity index is 607. The van der Waals surface area contributed by atoms with Gasteiger partial charge in [0.2, 0.25) is 0 Å². The first kappa shape index (κ1) is 15.6. The van der Waals surface area contributed by atoms with E-state index in [4.69, 9.17) is 16.3 Å². The van der Waals surface area contributed by atoms with Gasteiger partial charge in [-0.1, -0.05) is 45.0 Å². The molecule has 0 aliphatic heterocycles. The van der Waals surface area contributed by atoms with Crippen LogP contribution in [-0.4, -0.2) is 5.24 Å². The summed E-state index contributed by atoms with van der Waals surface area (Å²) in [4.78, 5) is 11.0. The molecule has 2 aromatic rings. The molecule has 0 radical (unpaired) electrons. The number of carbonyl (C=O) groups excluding carboxylic acids is 1. The molecule has 0 saturated carbocycles. The molecule has 0 aliphatic carbocycles. The van der Waals surface area contributed by atoms with Gasteiger partial charge in [-0.15, -0.1) is 0 Å². The summed E-state index contributed by atoms with van der Waals surface area (Å²) in [6, 6.07) is 15.2. The smallest absolute Gasteiger partial charge is 0.252 e. The van der Waals surface area contributed by atoms with Gasteiger partial charge in [0.05, 0.1) is 0 Å². The molecule has 0 saturated heterocycles. The first-order chi connectivity index (χ1) is 9.86. The van der Waals surface area contributed by atoms with Crippen LogP contribution >= 0.6 is 11.6 Å². The fraction of sp³-hybridized carbons (Fsp3) is 0.278. The van der Waals surface area contributed by atoms with Crippen LogP contribution in [0.3, 0.4) is 0 Å². The molecular formula is C18H19ClO2. The number of hydrogen-bond donors (Lipinski definition) is 0. The van der Waals surface area contributed by atoms with E-state index in [0.717, 1.165) is 11.3 Å². The molecule has 110 valence electrons. The van der Waals surface area contributed by atoms with E-state index in [2.05, 4.69) is 45.0 Å². The second kappa shape index (κ2) is 6.31. The molecule has 0 bridgehead atoms. The topological polar surface area (TPSA) is 26.3 Å². The van der Waals surface area contributed by atoms with E-state index < -0.39 is 5.24 Å². The van der Waals surface area contributed by atoms with E-state index >= 15 is 0 Å². The number of rotatable bonds is 4. The third kappa shape index (κ3) is 4.33. The normalized spacial score (nSPS) is 11.2. The summed E-state index contributed by atoms with van der Waals surface area (Å²) in [6.07, 6.45) is 0. The largest absolute Gasteiger partial charge is 0.489 e. The van der Waals surface area contributed by atoms with Gasteiger partial charge in [-0.3, -0.25) is 4.79 Å². The van der Waals surface area contributed by atoms with Crippen LogP contribution < -0.4 is 4.74 Å². The number of halogens is 1. The van der Waals surface area contributed by atoms with E-state index in [1.54, 1.807) is 24.3 Å². The van der Waals surface area contributed by atoms with E-state index in [1.165, 1.54) is 5.56 Å². The van der Waals surface area contributed by atoms with Crippen LogP contribution in [0.1, 0.15) is 42.3 Å². The summed E-state index contributed by atoms with van der Waals surface area (Å²) < 4.78 is 5.70. The van der Waals surface area contributed by atoms with Crippen LogP contribution in [0.5, 0.6) is 5.75 Å². The average Bonchev–Trinajstić information content (AvgIpc) is 2.45. The van der Waals surface area contributed by atoms with Gasteiger partial charge in [0.1, 0.15) is 12.4 Å². The van der Waals surface area contributed by atoms with Gasteiger partial charge in [0.25, 0.3) is 5.24 Å². The van der Waals surface area contributed by atoms with Crippen molar-refractivity contribution in [1.82, 2.24) is 0 Å². The predicted molar refractivity (Wildman–Crippen MR) is 86.1 cm³/mol. The van der Waals surface area contributed by atoms with Gasteiger partial charge in [-0.2, -0.15) is 0 Å². The summed E-state index contributed by atoms with van der Waals surface area (Å²) in [5.74, 6) is 0.719. The Morgan fingerprint density at radius 3 is 2.05 bits per heavy atom. The minimum Gasteiger partial charge on any atom is -0.489 e. The molecule has 0 unspecified atom stereocenters. The summed E-state index contributed by atoms with van der Waals surface area (Å²) in [5.41, 5.74) is 3.04. The number of benzene rings is 2. The van der Waals surface area contributed by atoms with Crippen LogP contribution in [0.15, 0.2) is 48.5 Å². The SMILES string of the molecule is CC(C)(C)c1ccc(COc2ccc(C(=O)Cl)cc2)cc1. The van der Waals surface area contributed by atoms with Crippen LogP contribution in [0.25, 0.3) is 0 Å². The average molecular weight is 303 g/mol. The Morgan fingerprint density at radius 2 is 1.57 bits per heavy atom. The fourth-order valence-electron chi connectivity index (χ4n) is 1.95. The second-order valence-electron chi connectivity index (χ2n) is 6.03. The third-order valence-electron chi connectivity index (χ3n) is 3.31. The first-order valence-electron chi connectivity index (χ1n) is 6.88. The minimum atomic E-state index is -0.459. The summed E-state index contributed by atoms with van der Waals surface area (Å²) in [7, 11) is 0. The van der Waals surface area contributed by atoms with E-state index in [9.17, 15) is 4.79 Å². The number of ether oxygens (including phenoxy) is 1. The molecule has 3 heteroatoms. The van der Waals surface area contributed by atoms with Crippen molar-refractivity contribution in [3.8, 4) is 5.75 Å². The minimum absolute atomic E-state index is 0.156. The van der Waals surface area contributed by atoms with Gasteiger partial charge in [0, 0.05) is 5.56 Å². The van der Waals surface area contributed by atoms with Gasteiger partial charge in [0.15, 0.2) is 0 Å². The highest BCUT2D eigenvalue weighted by molar-refractivity contribution is 6.67. The Morgan fingerprint density at radius 1 is 1.00 bits per heavy atom. The molecule has 2 nitrogen and oxygen atoms in total. The zero-order valence-corrected chi connectivity index (χ0v) is 13.3. The van der Waals surface area contributed by atoms with Crippen molar-refractivity contribution < 1.29 is 9.53 Å². The number of hydrogen-bond acceptors (Lipinski definition) is 2. The standard InChI is InChI=1S/C18H19ClO2/c1-18(2,3)15-8-4-13(5-9-15)12-21-16-10-6-14(7-11-16)17(19)20/h4-11H,12H2,1-3H3. The Hall–Kier alpha value is -1.80. The number of carbonyl (C=O) groups is 1. The van der Waals surface area contributed by atoms with Crippen LogP contribution in [0.2, 0.25) is 0 Å². The van der Waals surface area contributed by atoms with Crippen LogP contribution in [0, 0.1) is 0 Å². The zero-order valence-electron chi connectivity index (χ0n) is 12.5. The molecule has 21 heavy (non-hydrogen) atoms. The molecule has 0 fully saturated rings. The monoisotopic (exact) mass is 302 g/mol. The van der Waals surface area contributed by atoms with Crippen molar-refractivity contribution in [3.05, 3.63) is 65.2 Å². The lowest BCUT2D eigenvalue weighted by molar-refractivity contribution is 0.108. The van der Waals surface area contributed by atoms with Crippen molar-refractivity contribution in [2.45, 2.75) is 32.8 Å². The van der Waals surface area contributed by atoms with Crippen LogP contribution in [-0.2, 0) is 12.0 Å². The van der Waals surface area contributed by atoms with Crippen molar-refractivity contribution in [2.75, 3.05) is 0 Å². The maximum absolute atomic E-state index is 11.0. The quantitative estimate of drug-likeness (QED) is 0.748. The van der Waals surface area contributed by atoms with Gasteiger partial charge in [-0.25, -0.2) is 0 Å². The van der Waals surface area contributed by atoms with Gasteiger partial charge < -0.3 is 4.74 Å². The molecule has 0 atom stereocenters. The summed E-state index contributed by atoms with van der Waals surface area (Å²) >= 11 is 5.40. The predicted octanol–water partition coefficient (Wildman–Crippen LogP) is 4.94. The molecule has 0 heterocycles. The summed E-state index contributed by atoms with van der Waals surface area (Å²) in [5, 5.41) is -0.459. The van der Waals surface area contributed by atoms with Crippen molar-refractivity contribution in [1.29, 1.82) is 0 Å². The van der Waals surface area contributed by atoms with Crippen LogP contribution in [0.4, 0.5) is 0 Å². The molecule has 0 aliphatic rings. The lowest BCUT2D eigenvalue weighted by atomic mass is 9.87. The molecule has 0 amide bonds. The van der Waals surface area contributed by atoms with E-state index in [0.29, 0.717) is 12.2 Å². The fourth-order valence-corrected chi connectivity index (χ4v) is 2.08. The summed E-state index contributed by atoms with van der Waals surface area (Å²) in [6.45, 7) is 7.08. The highest BCUT2D eigenvalue weighted by Gasteiger charge is 2.12. The lowest BCUT2D eigenvalue weighted by Gasteiger charge is -2.19. The lowest BCUT2D eigenvalue weighted by Crippen LogP contribution is -2.10. The maximum Gasteiger partial charge on any atom is 0.252 e. The molecule has 2 rings (SSSR count). The molecule has 0 aromatic heterocycles. The molecule has 0 spiro atoms. The van der Waals surface area contributed by atoms with Gasteiger partial charge >= 0.3 is 0 Å². The van der Waals surface area contributed by atoms with E-state index in [-0.39, 0.29) is 5.41 Å². The highest BCUT2D eigenvalue weighted by Crippen LogP contribution is 2.22. The Balaban J connectivity index is 1.98. The third-order valence-corrected chi connectivity index (χ3v) is 3.52. The highest BCUT2D eigenvalue weighted by atomic mass is 35.5. The first-order valence-corrected chi connectivity index (χ1v) is 7.26. The molecule has 2 aromatic carbocycles. The molecule has 0 N–H and O–H groups in total. The molecular weight excluding hydrogens is 284 g/mol.